The zero-order valence-corrected chi connectivity index (χ0v) is 14.3. The third-order valence-corrected chi connectivity index (χ3v) is 4.14. The van der Waals surface area contributed by atoms with Gasteiger partial charge in [0.1, 0.15) is 0 Å². The van der Waals surface area contributed by atoms with E-state index in [9.17, 15) is 9.59 Å². The highest BCUT2D eigenvalue weighted by atomic mass is 16.4. The van der Waals surface area contributed by atoms with E-state index in [4.69, 9.17) is 5.11 Å². The molecule has 0 saturated heterocycles. The molecule has 0 saturated carbocycles. The summed E-state index contributed by atoms with van der Waals surface area (Å²) in [5, 5.41) is 12.0. The maximum Gasteiger partial charge on any atom is 0.335 e. The first-order valence-corrected chi connectivity index (χ1v) is 7.94. The van der Waals surface area contributed by atoms with Crippen LogP contribution in [0.4, 0.5) is 0 Å². The summed E-state index contributed by atoms with van der Waals surface area (Å²) in [4.78, 5) is 23.2. The number of aryl methyl sites for hydroxylation is 1. The third kappa shape index (κ3) is 4.44. The summed E-state index contributed by atoms with van der Waals surface area (Å²) in [6.45, 7) is 6.78. The molecule has 126 valence electrons. The third-order valence-electron chi connectivity index (χ3n) is 4.14. The van der Waals surface area contributed by atoms with E-state index in [1.54, 1.807) is 12.1 Å². The maximum atomic E-state index is 12.2. The fraction of sp³-hybridized carbons (Fsp3) is 0.300. The van der Waals surface area contributed by atoms with E-state index in [1.165, 1.54) is 23.3 Å². The van der Waals surface area contributed by atoms with Gasteiger partial charge in [0.2, 0.25) is 5.91 Å². The molecular weight excluding hydrogens is 302 g/mol. The average molecular weight is 325 g/mol. The zero-order valence-electron chi connectivity index (χ0n) is 14.3. The van der Waals surface area contributed by atoms with Crippen LogP contribution in [0, 0.1) is 6.92 Å². The van der Waals surface area contributed by atoms with E-state index >= 15 is 0 Å². The Morgan fingerprint density at radius 2 is 1.79 bits per heavy atom. The number of amides is 1. The molecule has 0 radical (unpaired) electrons. The lowest BCUT2D eigenvalue weighted by Crippen LogP contribution is -2.37. The number of aromatic carboxylic acids is 1. The van der Waals surface area contributed by atoms with Crippen molar-refractivity contribution in [2.45, 2.75) is 32.6 Å². The standard InChI is InChI=1S/C20H23NO3/c1-14-7-4-5-10-17(14)20(2,3)13-21-18(22)12-15-8-6-9-16(11-15)19(23)24/h4-11H,12-13H2,1-3H3,(H,21,22)(H,23,24). The molecule has 2 aromatic rings. The molecule has 0 aliphatic rings. The van der Waals surface area contributed by atoms with Gasteiger partial charge < -0.3 is 10.4 Å². The van der Waals surface area contributed by atoms with Crippen molar-refractivity contribution in [3.8, 4) is 0 Å². The summed E-state index contributed by atoms with van der Waals surface area (Å²) in [6, 6.07) is 14.6. The van der Waals surface area contributed by atoms with E-state index < -0.39 is 5.97 Å². The number of nitrogens with one attached hydrogen (secondary N) is 1. The summed E-state index contributed by atoms with van der Waals surface area (Å²) >= 11 is 0. The maximum absolute atomic E-state index is 12.2. The predicted octanol–water partition coefficient (Wildman–Crippen LogP) is 3.33. The molecule has 0 atom stereocenters. The topological polar surface area (TPSA) is 66.4 Å². The lowest BCUT2D eigenvalue weighted by molar-refractivity contribution is -0.120. The first-order valence-electron chi connectivity index (χ1n) is 7.94. The van der Waals surface area contributed by atoms with Crippen LogP contribution in [0.3, 0.4) is 0 Å². The van der Waals surface area contributed by atoms with Gasteiger partial charge in [0.05, 0.1) is 12.0 Å². The van der Waals surface area contributed by atoms with Crippen molar-refractivity contribution in [2.24, 2.45) is 0 Å². The minimum atomic E-state index is -0.988. The average Bonchev–Trinajstić information content (AvgIpc) is 2.53. The molecule has 0 aromatic heterocycles. The number of rotatable bonds is 6. The van der Waals surface area contributed by atoms with E-state index in [1.807, 2.05) is 12.1 Å². The lowest BCUT2D eigenvalue weighted by Gasteiger charge is -2.27. The normalized spacial score (nSPS) is 11.1. The molecule has 1 amide bonds. The molecule has 0 fully saturated rings. The second-order valence-corrected chi connectivity index (χ2v) is 6.66. The van der Waals surface area contributed by atoms with Crippen LogP contribution in [-0.4, -0.2) is 23.5 Å². The highest BCUT2D eigenvalue weighted by Crippen LogP contribution is 2.25. The number of carbonyl (C=O) groups is 2. The Kier molecular flexibility index (Phi) is 5.39. The fourth-order valence-electron chi connectivity index (χ4n) is 2.81. The van der Waals surface area contributed by atoms with Crippen molar-refractivity contribution in [3.63, 3.8) is 0 Å². The molecule has 2 N–H and O–H groups in total. The molecule has 0 heterocycles. The summed E-state index contributed by atoms with van der Waals surface area (Å²) in [7, 11) is 0. The van der Waals surface area contributed by atoms with Crippen LogP contribution in [0.1, 0.15) is 40.9 Å². The van der Waals surface area contributed by atoms with E-state index in [-0.39, 0.29) is 23.3 Å². The number of hydrogen-bond donors (Lipinski definition) is 2. The van der Waals surface area contributed by atoms with Gasteiger partial charge in [0.15, 0.2) is 0 Å². The first kappa shape index (κ1) is 17.7. The summed E-state index contributed by atoms with van der Waals surface area (Å²) in [5.74, 6) is -1.10. The number of benzene rings is 2. The zero-order chi connectivity index (χ0) is 17.7. The second-order valence-electron chi connectivity index (χ2n) is 6.66. The highest BCUT2D eigenvalue weighted by molar-refractivity contribution is 5.88. The Morgan fingerprint density at radius 1 is 1.08 bits per heavy atom. The van der Waals surface area contributed by atoms with Gasteiger partial charge in [-0.2, -0.15) is 0 Å². The van der Waals surface area contributed by atoms with Gasteiger partial charge in [0, 0.05) is 12.0 Å². The van der Waals surface area contributed by atoms with Crippen LogP contribution in [0.2, 0.25) is 0 Å². The van der Waals surface area contributed by atoms with Crippen molar-refractivity contribution >= 4 is 11.9 Å². The molecular formula is C20H23NO3. The first-order chi connectivity index (χ1) is 11.3. The van der Waals surface area contributed by atoms with Crippen molar-refractivity contribution in [1.82, 2.24) is 5.32 Å². The number of carboxylic acids is 1. The molecule has 0 spiro atoms. The van der Waals surface area contributed by atoms with Crippen molar-refractivity contribution in [1.29, 1.82) is 0 Å². The smallest absolute Gasteiger partial charge is 0.335 e. The summed E-state index contributed by atoms with van der Waals surface area (Å²) in [6.07, 6.45) is 0.172. The van der Waals surface area contributed by atoms with Crippen LogP contribution >= 0.6 is 0 Å². The number of carboxylic acid groups (broad SMARTS) is 1. The molecule has 4 nitrogen and oxygen atoms in total. The van der Waals surface area contributed by atoms with Crippen LogP contribution in [0.5, 0.6) is 0 Å². The minimum absolute atomic E-state index is 0.112. The molecule has 4 heteroatoms. The Balaban J connectivity index is 1.99. The number of carbonyl (C=O) groups excluding carboxylic acids is 1. The summed E-state index contributed by atoms with van der Waals surface area (Å²) < 4.78 is 0. The van der Waals surface area contributed by atoms with Crippen LogP contribution in [0.25, 0.3) is 0 Å². The van der Waals surface area contributed by atoms with E-state index in [2.05, 4.69) is 38.2 Å². The lowest BCUT2D eigenvalue weighted by atomic mass is 9.82. The van der Waals surface area contributed by atoms with Gasteiger partial charge in [-0.3, -0.25) is 4.79 Å². The van der Waals surface area contributed by atoms with Gasteiger partial charge in [0.25, 0.3) is 0 Å². The van der Waals surface area contributed by atoms with Crippen molar-refractivity contribution in [3.05, 3.63) is 70.8 Å². The van der Waals surface area contributed by atoms with Gasteiger partial charge >= 0.3 is 5.97 Å². The van der Waals surface area contributed by atoms with E-state index in [0.717, 1.165) is 0 Å². The SMILES string of the molecule is Cc1ccccc1C(C)(C)CNC(=O)Cc1cccc(C(=O)O)c1. The number of hydrogen-bond acceptors (Lipinski definition) is 2. The molecule has 24 heavy (non-hydrogen) atoms. The second kappa shape index (κ2) is 7.30. The Bertz CT molecular complexity index is 750. The monoisotopic (exact) mass is 325 g/mol. The highest BCUT2D eigenvalue weighted by Gasteiger charge is 2.23. The van der Waals surface area contributed by atoms with Crippen LogP contribution in [-0.2, 0) is 16.6 Å². The van der Waals surface area contributed by atoms with Crippen LogP contribution in [0.15, 0.2) is 48.5 Å². The van der Waals surface area contributed by atoms with Crippen molar-refractivity contribution < 1.29 is 14.7 Å². The van der Waals surface area contributed by atoms with Gasteiger partial charge in [-0.1, -0.05) is 50.2 Å². The van der Waals surface area contributed by atoms with Crippen LogP contribution < -0.4 is 5.32 Å². The molecule has 0 bridgehead atoms. The predicted molar refractivity (Wildman–Crippen MR) is 94.3 cm³/mol. The van der Waals surface area contributed by atoms with E-state index in [0.29, 0.717) is 12.1 Å². The Hall–Kier alpha value is -2.62. The Morgan fingerprint density at radius 3 is 2.46 bits per heavy atom. The van der Waals surface area contributed by atoms with Gasteiger partial charge in [-0.15, -0.1) is 0 Å². The molecule has 0 aliphatic carbocycles. The largest absolute Gasteiger partial charge is 0.478 e. The quantitative estimate of drug-likeness (QED) is 0.856. The molecule has 0 unspecified atom stereocenters. The van der Waals surface area contributed by atoms with Gasteiger partial charge in [-0.05, 0) is 35.7 Å². The molecule has 2 aromatic carbocycles. The molecule has 2 rings (SSSR count). The fourth-order valence-corrected chi connectivity index (χ4v) is 2.81. The molecule has 0 aliphatic heterocycles. The Labute approximate surface area is 142 Å². The van der Waals surface area contributed by atoms with Crippen molar-refractivity contribution in [2.75, 3.05) is 6.54 Å². The minimum Gasteiger partial charge on any atom is -0.478 e. The van der Waals surface area contributed by atoms with Gasteiger partial charge in [-0.25, -0.2) is 4.79 Å². The summed E-state index contributed by atoms with van der Waals surface area (Å²) in [5.41, 5.74) is 3.12.